The van der Waals surface area contributed by atoms with Gasteiger partial charge in [0.1, 0.15) is 11.6 Å². The Hall–Kier alpha value is -2.34. The predicted octanol–water partition coefficient (Wildman–Crippen LogP) is 3.17. The van der Waals surface area contributed by atoms with Crippen molar-refractivity contribution in [3.8, 4) is 5.75 Å². The van der Waals surface area contributed by atoms with Gasteiger partial charge >= 0.3 is 0 Å². The number of hydrogen-bond donors (Lipinski definition) is 0. The van der Waals surface area contributed by atoms with Crippen LogP contribution >= 0.6 is 0 Å². The number of piperidine rings is 1. The van der Waals surface area contributed by atoms with Gasteiger partial charge < -0.3 is 19.1 Å². The van der Waals surface area contributed by atoms with Crippen LogP contribution in [-0.4, -0.2) is 66.1 Å². The second kappa shape index (κ2) is 9.24. The van der Waals surface area contributed by atoms with Gasteiger partial charge in [0.15, 0.2) is 0 Å². The molecular formula is C22H32N4O2. The minimum atomic E-state index is 0.0605. The second-order valence-electron chi connectivity index (χ2n) is 7.88. The van der Waals surface area contributed by atoms with Crippen molar-refractivity contribution in [2.75, 3.05) is 40.8 Å². The van der Waals surface area contributed by atoms with E-state index in [0.29, 0.717) is 17.9 Å². The monoisotopic (exact) mass is 384 g/mol. The molecule has 0 spiro atoms. The molecule has 0 saturated carbocycles. The Morgan fingerprint density at radius 1 is 1.36 bits per heavy atom. The summed E-state index contributed by atoms with van der Waals surface area (Å²) in [6.07, 6.45) is 7.10. The highest BCUT2D eigenvalue weighted by molar-refractivity contribution is 5.98. The molecule has 1 aromatic heterocycles. The number of aryl methyl sites for hydroxylation is 2. The lowest BCUT2D eigenvalue weighted by molar-refractivity contribution is 0.0699. The Bertz CT molecular complexity index is 800. The molecule has 2 heterocycles. The van der Waals surface area contributed by atoms with Gasteiger partial charge in [-0.15, -0.1) is 0 Å². The molecular weight excluding hydrogens is 352 g/mol. The standard InChI is InChI=1S/C22H32N4O2/c1-17-8-5-10-19(28-4)20(17)22(27)26-13-6-9-18(16-26)21-23-11-15-25(21)14-7-12-24(2)3/h5,8,10-11,15,18H,6-7,9,12-14,16H2,1-4H3/t18-/m1/s1. The van der Waals surface area contributed by atoms with Crippen LogP contribution in [0.4, 0.5) is 0 Å². The van der Waals surface area contributed by atoms with E-state index in [9.17, 15) is 4.79 Å². The SMILES string of the molecule is COc1cccc(C)c1C(=O)N1CCC[C@@H](c2nccn2CCCN(C)C)C1. The van der Waals surface area contributed by atoms with Crippen molar-refractivity contribution in [3.63, 3.8) is 0 Å². The zero-order chi connectivity index (χ0) is 20.1. The predicted molar refractivity (Wildman–Crippen MR) is 111 cm³/mol. The molecule has 1 aliphatic rings. The summed E-state index contributed by atoms with van der Waals surface area (Å²) in [5.41, 5.74) is 1.64. The van der Waals surface area contributed by atoms with E-state index in [0.717, 1.165) is 50.3 Å². The largest absolute Gasteiger partial charge is 0.496 e. The summed E-state index contributed by atoms with van der Waals surface area (Å²) in [4.78, 5) is 22.1. The van der Waals surface area contributed by atoms with E-state index in [1.165, 1.54) is 0 Å². The van der Waals surface area contributed by atoms with E-state index in [1.807, 2.05) is 36.2 Å². The van der Waals surface area contributed by atoms with E-state index >= 15 is 0 Å². The maximum atomic E-state index is 13.3. The van der Waals surface area contributed by atoms with Crippen molar-refractivity contribution in [1.82, 2.24) is 19.4 Å². The van der Waals surface area contributed by atoms with E-state index in [-0.39, 0.29) is 11.8 Å². The summed E-state index contributed by atoms with van der Waals surface area (Å²) < 4.78 is 7.71. The number of hydrogen-bond acceptors (Lipinski definition) is 4. The fraction of sp³-hybridized carbons (Fsp3) is 0.545. The maximum absolute atomic E-state index is 13.3. The minimum absolute atomic E-state index is 0.0605. The van der Waals surface area contributed by atoms with Gasteiger partial charge in [-0.1, -0.05) is 12.1 Å². The van der Waals surface area contributed by atoms with Gasteiger partial charge in [0.05, 0.1) is 12.7 Å². The molecule has 1 aromatic carbocycles. The Morgan fingerprint density at radius 2 is 2.18 bits per heavy atom. The number of ether oxygens (including phenoxy) is 1. The number of benzene rings is 1. The number of likely N-dealkylation sites (tertiary alicyclic amines) is 1. The van der Waals surface area contributed by atoms with Gasteiger partial charge in [-0.25, -0.2) is 4.98 Å². The molecule has 1 amide bonds. The average molecular weight is 385 g/mol. The normalized spacial score (nSPS) is 17.2. The van der Waals surface area contributed by atoms with Crippen LogP contribution in [0, 0.1) is 6.92 Å². The summed E-state index contributed by atoms with van der Waals surface area (Å²) in [6.45, 7) is 5.48. The highest BCUT2D eigenvalue weighted by Crippen LogP contribution is 2.30. The summed E-state index contributed by atoms with van der Waals surface area (Å²) in [6, 6.07) is 5.75. The lowest BCUT2D eigenvalue weighted by atomic mass is 9.95. The van der Waals surface area contributed by atoms with Crippen molar-refractivity contribution in [2.24, 2.45) is 0 Å². The first kappa shape index (κ1) is 20.4. The summed E-state index contributed by atoms with van der Waals surface area (Å²) in [5.74, 6) is 2.10. The smallest absolute Gasteiger partial charge is 0.257 e. The molecule has 6 heteroatoms. The zero-order valence-electron chi connectivity index (χ0n) is 17.5. The quantitative estimate of drug-likeness (QED) is 0.736. The molecule has 0 aliphatic carbocycles. The first-order valence-corrected chi connectivity index (χ1v) is 10.1. The number of nitrogens with zero attached hydrogens (tertiary/aromatic N) is 4. The van der Waals surface area contributed by atoms with Crippen molar-refractivity contribution >= 4 is 5.91 Å². The van der Waals surface area contributed by atoms with Gasteiger partial charge in [-0.3, -0.25) is 4.79 Å². The van der Waals surface area contributed by atoms with Gasteiger partial charge in [0, 0.05) is 37.9 Å². The first-order valence-electron chi connectivity index (χ1n) is 10.1. The van der Waals surface area contributed by atoms with E-state index in [1.54, 1.807) is 7.11 Å². The van der Waals surface area contributed by atoms with Crippen molar-refractivity contribution in [3.05, 3.63) is 47.5 Å². The number of methoxy groups -OCH3 is 1. The summed E-state index contributed by atoms with van der Waals surface area (Å²) >= 11 is 0. The molecule has 2 aromatic rings. The Kier molecular flexibility index (Phi) is 6.73. The number of carbonyl (C=O) groups excluding carboxylic acids is 1. The second-order valence-corrected chi connectivity index (χ2v) is 7.88. The molecule has 6 nitrogen and oxygen atoms in total. The fourth-order valence-corrected chi connectivity index (χ4v) is 4.04. The van der Waals surface area contributed by atoms with Crippen LogP contribution < -0.4 is 4.74 Å². The molecule has 1 atom stereocenters. The van der Waals surface area contributed by atoms with Crippen molar-refractivity contribution in [1.29, 1.82) is 0 Å². The van der Waals surface area contributed by atoms with Crippen molar-refractivity contribution < 1.29 is 9.53 Å². The third-order valence-electron chi connectivity index (χ3n) is 5.49. The third kappa shape index (κ3) is 4.55. The van der Waals surface area contributed by atoms with Crippen LogP contribution in [0.15, 0.2) is 30.6 Å². The molecule has 1 aliphatic heterocycles. The molecule has 0 radical (unpaired) electrons. The number of aromatic nitrogens is 2. The Balaban J connectivity index is 1.73. The fourth-order valence-electron chi connectivity index (χ4n) is 4.04. The van der Waals surface area contributed by atoms with Gasteiger partial charge in [-0.05, 0) is 58.5 Å². The highest BCUT2D eigenvalue weighted by atomic mass is 16.5. The Labute approximate surface area is 168 Å². The van der Waals surface area contributed by atoms with Crippen LogP contribution in [0.25, 0.3) is 0 Å². The minimum Gasteiger partial charge on any atom is -0.496 e. The molecule has 0 bridgehead atoms. The topological polar surface area (TPSA) is 50.6 Å². The third-order valence-corrected chi connectivity index (χ3v) is 5.49. The van der Waals surface area contributed by atoms with E-state index in [2.05, 4.69) is 34.7 Å². The lowest BCUT2D eigenvalue weighted by Crippen LogP contribution is -2.40. The number of amides is 1. The first-order chi connectivity index (χ1) is 13.5. The average Bonchev–Trinajstić information content (AvgIpc) is 3.15. The molecule has 1 saturated heterocycles. The lowest BCUT2D eigenvalue weighted by Gasteiger charge is -2.33. The van der Waals surface area contributed by atoms with Gasteiger partial charge in [-0.2, -0.15) is 0 Å². The van der Waals surface area contributed by atoms with Gasteiger partial charge in [0.25, 0.3) is 5.91 Å². The van der Waals surface area contributed by atoms with Crippen LogP contribution in [-0.2, 0) is 6.54 Å². The van der Waals surface area contributed by atoms with E-state index in [4.69, 9.17) is 4.74 Å². The highest BCUT2D eigenvalue weighted by Gasteiger charge is 2.29. The molecule has 28 heavy (non-hydrogen) atoms. The molecule has 0 N–H and O–H groups in total. The number of rotatable bonds is 7. The molecule has 1 fully saturated rings. The van der Waals surface area contributed by atoms with Crippen LogP contribution in [0.2, 0.25) is 0 Å². The zero-order valence-corrected chi connectivity index (χ0v) is 17.5. The van der Waals surface area contributed by atoms with Crippen molar-refractivity contribution in [2.45, 2.75) is 38.6 Å². The summed E-state index contributed by atoms with van der Waals surface area (Å²) in [5, 5.41) is 0. The Morgan fingerprint density at radius 3 is 2.93 bits per heavy atom. The number of carbonyl (C=O) groups is 1. The molecule has 152 valence electrons. The maximum Gasteiger partial charge on any atom is 0.257 e. The summed E-state index contributed by atoms with van der Waals surface area (Å²) in [7, 11) is 5.81. The number of imidazole rings is 1. The van der Waals surface area contributed by atoms with E-state index < -0.39 is 0 Å². The van der Waals surface area contributed by atoms with Crippen LogP contribution in [0.5, 0.6) is 5.75 Å². The van der Waals surface area contributed by atoms with Crippen LogP contribution in [0.3, 0.4) is 0 Å². The van der Waals surface area contributed by atoms with Gasteiger partial charge in [0.2, 0.25) is 0 Å². The molecule has 0 unspecified atom stereocenters. The van der Waals surface area contributed by atoms with Crippen LogP contribution in [0.1, 0.15) is 46.9 Å². The molecule has 3 rings (SSSR count).